The zero-order valence-corrected chi connectivity index (χ0v) is 8.95. The molecule has 1 N–H and O–H groups in total. The Hall–Kier alpha value is -1.41. The van der Waals surface area contributed by atoms with Crippen molar-refractivity contribution in [3.8, 4) is 0 Å². The van der Waals surface area contributed by atoms with Crippen molar-refractivity contribution in [2.45, 2.75) is 5.72 Å². The van der Waals surface area contributed by atoms with E-state index in [4.69, 9.17) is 16.3 Å². The minimum absolute atomic E-state index is 0.364. The predicted octanol–water partition coefficient (Wildman–Crippen LogP) is 2.73. The third-order valence-electron chi connectivity index (χ3n) is 2.22. The van der Waals surface area contributed by atoms with Crippen molar-refractivity contribution in [1.29, 1.82) is 0 Å². The van der Waals surface area contributed by atoms with Gasteiger partial charge in [-0.2, -0.15) is 0 Å². The van der Waals surface area contributed by atoms with E-state index in [1.54, 1.807) is 12.5 Å². The number of ether oxygens (including phenoxy) is 1. The molecule has 0 amide bonds. The summed E-state index contributed by atoms with van der Waals surface area (Å²) in [4.78, 5) is 0. The van der Waals surface area contributed by atoms with Gasteiger partial charge in [-0.3, -0.25) is 0 Å². The number of hydrogen-bond acceptors (Lipinski definition) is 2. The normalized spacial score (nSPS) is 24.1. The maximum Gasteiger partial charge on any atom is 0.212 e. The van der Waals surface area contributed by atoms with Gasteiger partial charge in [0.1, 0.15) is 6.26 Å². The van der Waals surface area contributed by atoms with Gasteiger partial charge >= 0.3 is 0 Å². The topological polar surface area (TPSA) is 21.3 Å². The van der Waals surface area contributed by atoms with Crippen LogP contribution < -0.4 is 5.32 Å². The van der Waals surface area contributed by atoms with Gasteiger partial charge in [-0.05, 0) is 11.6 Å². The van der Waals surface area contributed by atoms with E-state index in [1.807, 2.05) is 42.5 Å². The second-order valence-corrected chi connectivity index (χ2v) is 3.60. The largest absolute Gasteiger partial charge is 0.469 e. The molecule has 1 unspecified atom stereocenters. The average molecular weight is 222 g/mol. The lowest BCUT2D eigenvalue weighted by Crippen LogP contribution is -2.40. The van der Waals surface area contributed by atoms with E-state index < -0.39 is 5.72 Å². The van der Waals surface area contributed by atoms with Crippen molar-refractivity contribution in [2.75, 3.05) is 5.88 Å². The zero-order chi connectivity index (χ0) is 10.6. The van der Waals surface area contributed by atoms with Crippen LogP contribution in [-0.2, 0) is 4.74 Å². The Morgan fingerprint density at radius 3 is 2.73 bits per heavy atom. The van der Waals surface area contributed by atoms with Gasteiger partial charge in [0.05, 0.1) is 5.88 Å². The Morgan fingerprint density at radius 1 is 1.33 bits per heavy atom. The minimum atomic E-state index is -0.586. The van der Waals surface area contributed by atoms with Gasteiger partial charge in [-0.1, -0.05) is 36.4 Å². The van der Waals surface area contributed by atoms with Crippen molar-refractivity contribution in [1.82, 2.24) is 5.32 Å². The van der Waals surface area contributed by atoms with Gasteiger partial charge in [0.2, 0.25) is 5.72 Å². The molecule has 2 nitrogen and oxygen atoms in total. The number of benzene rings is 1. The highest BCUT2D eigenvalue weighted by atomic mass is 35.5. The van der Waals surface area contributed by atoms with Crippen LogP contribution in [0.4, 0.5) is 0 Å². The molecule has 0 fully saturated rings. The van der Waals surface area contributed by atoms with Gasteiger partial charge in [-0.25, -0.2) is 0 Å². The van der Waals surface area contributed by atoms with E-state index in [0.29, 0.717) is 5.88 Å². The van der Waals surface area contributed by atoms with Crippen molar-refractivity contribution < 1.29 is 4.74 Å². The molecule has 15 heavy (non-hydrogen) atoms. The monoisotopic (exact) mass is 221 g/mol. The molecular weight excluding hydrogens is 210 g/mol. The van der Waals surface area contributed by atoms with Crippen LogP contribution in [0.15, 0.2) is 48.9 Å². The number of nitrogens with one attached hydrogen (secondary N) is 1. The van der Waals surface area contributed by atoms with Gasteiger partial charge in [0.25, 0.3) is 0 Å². The molecule has 0 spiro atoms. The first kappa shape index (κ1) is 10.1. The number of hydrogen-bond donors (Lipinski definition) is 1. The van der Waals surface area contributed by atoms with E-state index in [1.165, 1.54) is 0 Å². The molecule has 3 heteroatoms. The summed E-state index contributed by atoms with van der Waals surface area (Å²) < 4.78 is 5.40. The lowest BCUT2D eigenvalue weighted by atomic mass is 10.1. The van der Waals surface area contributed by atoms with Gasteiger partial charge < -0.3 is 10.1 Å². The fourth-order valence-corrected chi connectivity index (χ4v) is 1.59. The Bertz CT molecular complexity index is 364. The van der Waals surface area contributed by atoms with Crippen molar-refractivity contribution in [3.05, 3.63) is 54.4 Å². The van der Waals surface area contributed by atoms with Crippen molar-refractivity contribution in [2.24, 2.45) is 0 Å². The van der Waals surface area contributed by atoms with Crippen LogP contribution in [-0.4, -0.2) is 11.6 Å². The molecule has 1 aliphatic heterocycles. The molecule has 2 rings (SSSR count). The molecular formula is C12H12ClNO. The molecule has 1 aromatic rings. The van der Waals surface area contributed by atoms with Crippen LogP contribution in [0, 0.1) is 0 Å². The first-order valence-electron chi connectivity index (χ1n) is 4.75. The quantitative estimate of drug-likeness (QED) is 0.793. The summed E-state index contributed by atoms with van der Waals surface area (Å²) >= 11 is 5.85. The summed E-state index contributed by atoms with van der Waals surface area (Å²) in [5.74, 6) is 0.364. The molecule has 78 valence electrons. The molecule has 1 atom stereocenters. The van der Waals surface area contributed by atoms with E-state index >= 15 is 0 Å². The number of alkyl halides is 1. The lowest BCUT2D eigenvalue weighted by Gasteiger charge is -2.22. The number of rotatable bonds is 3. The second-order valence-electron chi connectivity index (χ2n) is 3.33. The SMILES string of the molecule is ClCC1(/C=C/c2ccccc2)NC=CO1. The highest BCUT2D eigenvalue weighted by molar-refractivity contribution is 6.18. The molecule has 1 aromatic carbocycles. The third-order valence-corrected chi connectivity index (χ3v) is 2.61. The van der Waals surface area contributed by atoms with Crippen molar-refractivity contribution >= 4 is 17.7 Å². The molecule has 0 saturated heterocycles. The predicted molar refractivity (Wildman–Crippen MR) is 62.3 cm³/mol. The third kappa shape index (κ3) is 2.34. The molecule has 1 heterocycles. The molecule has 0 radical (unpaired) electrons. The van der Waals surface area contributed by atoms with Gasteiger partial charge in [0, 0.05) is 6.20 Å². The Morgan fingerprint density at radius 2 is 2.13 bits per heavy atom. The Kier molecular flexibility index (Phi) is 2.97. The Balaban J connectivity index is 2.10. The summed E-state index contributed by atoms with van der Waals surface area (Å²) in [7, 11) is 0. The van der Waals surface area contributed by atoms with E-state index in [-0.39, 0.29) is 0 Å². The smallest absolute Gasteiger partial charge is 0.212 e. The molecule has 0 aromatic heterocycles. The standard InChI is InChI=1S/C12H12ClNO/c13-10-12(14-8-9-15-12)7-6-11-4-2-1-3-5-11/h1-9,14H,10H2/b7-6+. The number of halogens is 1. The van der Waals surface area contributed by atoms with E-state index in [0.717, 1.165) is 5.56 Å². The van der Waals surface area contributed by atoms with Crippen molar-refractivity contribution in [3.63, 3.8) is 0 Å². The highest BCUT2D eigenvalue weighted by Crippen LogP contribution is 2.18. The highest BCUT2D eigenvalue weighted by Gasteiger charge is 2.28. The minimum Gasteiger partial charge on any atom is -0.469 e. The van der Waals surface area contributed by atoms with E-state index in [9.17, 15) is 0 Å². The van der Waals surface area contributed by atoms with Crippen LogP contribution in [0.2, 0.25) is 0 Å². The fraction of sp³-hybridized carbons (Fsp3) is 0.167. The maximum atomic E-state index is 5.85. The summed E-state index contributed by atoms with van der Waals surface area (Å²) in [5.41, 5.74) is 0.538. The van der Waals surface area contributed by atoms with E-state index in [2.05, 4.69) is 5.32 Å². The summed E-state index contributed by atoms with van der Waals surface area (Å²) in [6.45, 7) is 0. The summed E-state index contributed by atoms with van der Waals surface area (Å²) in [6, 6.07) is 10.0. The fourth-order valence-electron chi connectivity index (χ4n) is 1.36. The molecule has 0 bridgehead atoms. The maximum absolute atomic E-state index is 5.85. The van der Waals surface area contributed by atoms with Crippen LogP contribution >= 0.6 is 11.6 Å². The van der Waals surface area contributed by atoms with Crippen LogP contribution in [0.25, 0.3) is 6.08 Å². The zero-order valence-electron chi connectivity index (χ0n) is 8.19. The Labute approximate surface area is 94.2 Å². The summed E-state index contributed by atoms with van der Waals surface area (Å²) in [6.07, 6.45) is 7.27. The lowest BCUT2D eigenvalue weighted by molar-refractivity contribution is 0.0966. The van der Waals surface area contributed by atoms with Crippen LogP contribution in [0.1, 0.15) is 5.56 Å². The molecule has 0 saturated carbocycles. The van der Waals surface area contributed by atoms with Gasteiger partial charge in [0.15, 0.2) is 0 Å². The van der Waals surface area contributed by atoms with Gasteiger partial charge in [-0.15, -0.1) is 11.6 Å². The average Bonchev–Trinajstić information content (AvgIpc) is 2.77. The first-order valence-corrected chi connectivity index (χ1v) is 5.29. The molecule has 0 aliphatic carbocycles. The second kappa shape index (κ2) is 4.41. The van der Waals surface area contributed by atoms with Crippen LogP contribution in [0.5, 0.6) is 0 Å². The molecule has 1 aliphatic rings. The van der Waals surface area contributed by atoms with Crippen LogP contribution in [0.3, 0.4) is 0 Å². The first-order chi connectivity index (χ1) is 7.35. The summed E-state index contributed by atoms with van der Waals surface area (Å²) in [5, 5.41) is 3.07.